The van der Waals surface area contributed by atoms with E-state index in [1.54, 1.807) is 42.5 Å². The number of thioether (sulfide) groups is 1. The monoisotopic (exact) mass is 455 g/mol. The number of ketones is 1. The van der Waals surface area contributed by atoms with Gasteiger partial charge in [-0.05, 0) is 62.6 Å². The zero-order valence-corrected chi connectivity index (χ0v) is 19.1. The number of fused-ring (bicyclic) bond motifs is 1. The van der Waals surface area contributed by atoms with Gasteiger partial charge in [0, 0.05) is 11.1 Å². The molecule has 168 valence electrons. The van der Waals surface area contributed by atoms with Crippen LogP contribution in [0.25, 0.3) is 0 Å². The number of ether oxygens (including phenoxy) is 2. The van der Waals surface area contributed by atoms with Crippen LogP contribution >= 0.6 is 11.8 Å². The molecule has 1 atom stereocenters. The summed E-state index contributed by atoms with van der Waals surface area (Å²) in [5, 5.41) is 0. The highest BCUT2D eigenvalue weighted by atomic mass is 32.2. The Balaban J connectivity index is 1.82. The molecule has 0 radical (unpaired) electrons. The molecule has 0 saturated carbocycles. The number of carbonyl (C=O) groups excluding carboxylic acids is 4. The van der Waals surface area contributed by atoms with Gasteiger partial charge in [-0.25, -0.2) is 4.79 Å². The van der Waals surface area contributed by atoms with Crippen LogP contribution in [0.2, 0.25) is 0 Å². The summed E-state index contributed by atoms with van der Waals surface area (Å²) in [6.45, 7) is 3.54. The smallest absolute Gasteiger partial charge is 0.329 e. The number of esters is 1. The molecule has 1 aliphatic heterocycles. The van der Waals surface area contributed by atoms with E-state index < -0.39 is 23.8 Å². The van der Waals surface area contributed by atoms with Gasteiger partial charge < -0.3 is 9.47 Å². The third-order valence-corrected chi connectivity index (χ3v) is 5.79. The molecule has 2 amide bonds. The summed E-state index contributed by atoms with van der Waals surface area (Å²) in [6, 6.07) is 10.4. The number of rotatable bonds is 10. The van der Waals surface area contributed by atoms with Gasteiger partial charge in [-0.1, -0.05) is 12.1 Å². The highest BCUT2D eigenvalue weighted by Gasteiger charge is 2.43. The van der Waals surface area contributed by atoms with E-state index in [0.717, 1.165) is 4.90 Å². The van der Waals surface area contributed by atoms with Crippen LogP contribution in [0.15, 0.2) is 42.5 Å². The van der Waals surface area contributed by atoms with E-state index in [9.17, 15) is 19.2 Å². The van der Waals surface area contributed by atoms with Gasteiger partial charge in [0.15, 0.2) is 5.78 Å². The normalized spacial score (nSPS) is 13.7. The number of hydrogen-bond donors (Lipinski definition) is 0. The van der Waals surface area contributed by atoms with Crippen molar-refractivity contribution in [2.75, 3.05) is 18.6 Å². The van der Waals surface area contributed by atoms with E-state index in [-0.39, 0.29) is 29.9 Å². The molecule has 32 heavy (non-hydrogen) atoms. The molecular weight excluding hydrogens is 430 g/mol. The van der Waals surface area contributed by atoms with Gasteiger partial charge in [-0.15, -0.1) is 0 Å². The first kappa shape index (κ1) is 23.5. The summed E-state index contributed by atoms with van der Waals surface area (Å²) in [7, 11) is 0. The largest absolute Gasteiger partial charge is 0.493 e. The second-order valence-electron chi connectivity index (χ2n) is 7.24. The van der Waals surface area contributed by atoms with Crippen molar-refractivity contribution in [3.8, 4) is 5.75 Å². The molecule has 8 heteroatoms. The first-order chi connectivity index (χ1) is 15.4. The summed E-state index contributed by atoms with van der Waals surface area (Å²) in [5.41, 5.74) is 1.58. The molecule has 1 unspecified atom stereocenters. The fourth-order valence-corrected chi connectivity index (χ4v) is 3.98. The molecule has 2 aromatic rings. The lowest BCUT2D eigenvalue weighted by Gasteiger charge is -2.24. The van der Waals surface area contributed by atoms with Gasteiger partial charge in [0.05, 0.1) is 17.7 Å². The Morgan fingerprint density at radius 1 is 1.06 bits per heavy atom. The van der Waals surface area contributed by atoms with Gasteiger partial charge in [0.25, 0.3) is 11.8 Å². The van der Waals surface area contributed by atoms with E-state index in [1.807, 2.05) is 13.2 Å². The molecule has 1 heterocycles. The van der Waals surface area contributed by atoms with Crippen molar-refractivity contribution in [2.24, 2.45) is 0 Å². The average molecular weight is 456 g/mol. The number of benzene rings is 2. The van der Waals surface area contributed by atoms with Crippen LogP contribution in [0.1, 0.15) is 56.9 Å². The molecule has 0 fully saturated rings. The van der Waals surface area contributed by atoms with Gasteiger partial charge in [-0.3, -0.25) is 19.3 Å². The van der Waals surface area contributed by atoms with Crippen molar-refractivity contribution in [3.05, 3.63) is 64.7 Å². The fraction of sp³-hybridized carbons (Fsp3) is 0.333. The second-order valence-corrected chi connectivity index (χ2v) is 8.23. The molecule has 7 nitrogen and oxygen atoms in total. The highest BCUT2D eigenvalue weighted by molar-refractivity contribution is 7.98. The molecule has 0 spiro atoms. The van der Waals surface area contributed by atoms with Gasteiger partial charge in [-0.2, -0.15) is 11.8 Å². The Bertz CT molecular complexity index is 1020. The van der Waals surface area contributed by atoms with Crippen molar-refractivity contribution < 1.29 is 28.7 Å². The van der Waals surface area contributed by atoms with Crippen LogP contribution in [0.5, 0.6) is 5.75 Å². The van der Waals surface area contributed by atoms with Crippen LogP contribution < -0.4 is 4.74 Å². The maximum Gasteiger partial charge on any atom is 0.329 e. The van der Waals surface area contributed by atoms with Gasteiger partial charge in [0.2, 0.25) is 0 Å². The van der Waals surface area contributed by atoms with Crippen LogP contribution in [-0.4, -0.2) is 53.1 Å². The minimum Gasteiger partial charge on any atom is -0.493 e. The molecule has 1 aliphatic rings. The zero-order chi connectivity index (χ0) is 23.3. The summed E-state index contributed by atoms with van der Waals surface area (Å²) in [4.78, 5) is 51.6. The molecular formula is C24H25NO6S. The lowest BCUT2D eigenvalue weighted by molar-refractivity contribution is -0.149. The van der Waals surface area contributed by atoms with Crippen LogP contribution in [0.3, 0.4) is 0 Å². The fourth-order valence-electron chi connectivity index (χ4n) is 3.53. The van der Waals surface area contributed by atoms with Crippen LogP contribution in [0, 0.1) is 0 Å². The standard InChI is InChI=1S/C24H25NO6S/c1-4-30-21-10-9-16(15(2)26)13-17(21)14-31-24(29)20(11-12-32-3)25-22(27)18-7-5-6-8-19(18)23(25)28/h5-10,13,20H,4,11-12,14H2,1-3H3. The van der Waals surface area contributed by atoms with Crippen LogP contribution in [-0.2, 0) is 16.1 Å². The first-order valence-electron chi connectivity index (χ1n) is 10.3. The second kappa shape index (κ2) is 10.5. The van der Waals surface area contributed by atoms with E-state index in [1.165, 1.54) is 18.7 Å². The third-order valence-electron chi connectivity index (χ3n) is 5.14. The van der Waals surface area contributed by atoms with Crippen molar-refractivity contribution in [1.82, 2.24) is 4.90 Å². The maximum atomic E-state index is 13.1. The number of nitrogens with zero attached hydrogens (tertiary/aromatic N) is 1. The van der Waals surface area contributed by atoms with Gasteiger partial charge >= 0.3 is 5.97 Å². The van der Waals surface area contributed by atoms with Crippen LogP contribution in [0.4, 0.5) is 0 Å². The van der Waals surface area contributed by atoms with E-state index in [2.05, 4.69) is 0 Å². The van der Waals surface area contributed by atoms with Crippen molar-refractivity contribution in [3.63, 3.8) is 0 Å². The summed E-state index contributed by atoms with van der Waals surface area (Å²) >= 11 is 1.51. The Morgan fingerprint density at radius 3 is 2.28 bits per heavy atom. The molecule has 3 rings (SSSR count). The van der Waals surface area contributed by atoms with E-state index >= 15 is 0 Å². The number of amides is 2. The van der Waals surface area contributed by atoms with E-state index in [0.29, 0.717) is 29.2 Å². The molecule has 0 saturated heterocycles. The minimum absolute atomic E-state index is 0.121. The Kier molecular flexibility index (Phi) is 7.69. The topological polar surface area (TPSA) is 90.0 Å². The van der Waals surface area contributed by atoms with Crippen molar-refractivity contribution in [1.29, 1.82) is 0 Å². The quantitative estimate of drug-likeness (QED) is 0.306. The lowest BCUT2D eigenvalue weighted by Crippen LogP contribution is -2.46. The lowest BCUT2D eigenvalue weighted by atomic mass is 10.1. The number of imide groups is 1. The summed E-state index contributed by atoms with van der Waals surface area (Å²) in [6.07, 6.45) is 2.16. The molecule has 2 aromatic carbocycles. The summed E-state index contributed by atoms with van der Waals surface area (Å²) in [5.74, 6) is -0.720. The predicted octanol–water partition coefficient (Wildman–Crippen LogP) is 3.75. The average Bonchev–Trinajstić information content (AvgIpc) is 3.04. The first-order valence-corrected chi connectivity index (χ1v) is 11.7. The Hall–Kier alpha value is -3.13. The number of carbonyl (C=O) groups is 4. The maximum absolute atomic E-state index is 13.1. The van der Waals surface area contributed by atoms with E-state index in [4.69, 9.17) is 9.47 Å². The summed E-state index contributed by atoms with van der Waals surface area (Å²) < 4.78 is 11.1. The number of Topliss-reactive ketones (excluding diaryl/α,β-unsaturated/α-hetero) is 1. The predicted molar refractivity (Wildman–Crippen MR) is 121 cm³/mol. The molecule has 0 aliphatic carbocycles. The van der Waals surface area contributed by atoms with Gasteiger partial charge in [0.1, 0.15) is 18.4 Å². The highest BCUT2D eigenvalue weighted by Crippen LogP contribution is 2.27. The SMILES string of the molecule is CCOc1ccc(C(C)=O)cc1COC(=O)C(CCSC)N1C(=O)c2ccccc2C1=O. The van der Waals surface area contributed by atoms with Crippen molar-refractivity contribution in [2.45, 2.75) is 32.9 Å². The third kappa shape index (κ3) is 4.85. The molecule has 0 N–H and O–H groups in total. The Morgan fingerprint density at radius 2 is 1.72 bits per heavy atom. The Labute approximate surface area is 191 Å². The zero-order valence-electron chi connectivity index (χ0n) is 18.3. The molecule has 0 aromatic heterocycles. The minimum atomic E-state index is -1.04. The van der Waals surface area contributed by atoms with Crippen molar-refractivity contribution >= 4 is 35.3 Å². The number of hydrogen-bond acceptors (Lipinski definition) is 7. The molecule has 0 bridgehead atoms.